The number of hydrogen-bond acceptors (Lipinski definition) is 5. The number of rotatable bonds is 9. The van der Waals surface area contributed by atoms with Crippen LogP contribution in [0.1, 0.15) is 42.8 Å². The van der Waals surface area contributed by atoms with Gasteiger partial charge in [0.15, 0.2) is 0 Å². The van der Waals surface area contributed by atoms with Crippen LogP contribution in [-0.4, -0.2) is 21.4 Å². The van der Waals surface area contributed by atoms with Crippen molar-refractivity contribution < 1.29 is 17.9 Å². The molecule has 0 aliphatic rings. The number of nitrogens with one attached hydrogen (secondary N) is 2. The molecule has 1 heterocycles. The third-order valence-electron chi connectivity index (χ3n) is 4.85. The topological polar surface area (TPSA) is 84.5 Å². The van der Waals surface area contributed by atoms with Crippen molar-refractivity contribution in [2.75, 3.05) is 12.4 Å². The number of carbonyl (C=O) groups is 1. The van der Waals surface area contributed by atoms with E-state index in [2.05, 4.69) is 23.9 Å². The van der Waals surface area contributed by atoms with Gasteiger partial charge in [-0.25, -0.2) is 8.42 Å². The van der Waals surface area contributed by atoms with Gasteiger partial charge < -0.3 is 10.1 Å². The average molecular weight is 473 g/mol. The highest BCUT2D eigenvalue weighted by Crippen LogP contribution is 2.31. The minimum atomic E-state index is -3.90. The Bertz CT molecular complexity index is 1160. The first kappa shape index (κ1) is 24.0. The highest BCUT2D eigenvalue weighted by atomic mass is 32.2. The van der Waals surface area contributed by atoms with E-state index in [0.29, 0.717) is 17.4 Å². The van der Waals surface area contributed by atoms with Crippen LogP contribution in [0.25, 0.3) is 0 Å². The van der Waals surface area contributed by atoms with Crippen LogP contribution in [-0.2, 0) is 21.2 Å². The fourth-order valence-corrected chi connectivity index (χ4v) is 5.53. The van der Waals surface area contributed by atoms with Crippen molar-refractivity contribution in [1.29, 1.82) is 0 Å². The highest BCUT2D eigenvalue weighted by molar-refractivity contribution is 7.89. The Morgan fingerprint density at radius 3 is 2.38 bits per heavy atom. The number of methoxy groups -OCH3 is 1. The standard InChI is InChI=1S/C24H28N2O4S2/c1-16(2)14-18-7-9-19(10-8-18)24(23-6-5-13-31-23)26-32(28,29)20-11-12-22(30-4)21(15-20)25-17(3)27/h5-13,15-16,24,26H,14H2,1-4H3,(H,25,27)/t24-/m0/s1. The molecule has 3 aromatic rings. The van der Waals surface area contributed by atoms with Crippen LogP contribution in [0.2, 0.25) is 0 Å². The van der Waals surface area contributed by atoms with Crippen molar-refractivity contribution in [3.8, 4) is 5.75 Å². The fourth-order valence-electron chi connectivity index (χ4n) is 3.43. The van der Waals surface area contributed by atoms with Gasteiger partial charge in [-0.2, -0.15) is 4.72 Å². The van der Waals surface area contributed by atoms with Gasteiger partial charge in [-0.15, -0.1) is 11.3 Å². The third kappa shape index (κ3) is 5.97. The number of thiophene rings is 1. The van der Waals surface area contributed by atoms with Crippen LogP contribution < -0.4 is 14.8 Å². The van der Waals surface area contributed by atoms with Gasteiger partial charge >= 0.3 is 0 Å². The average Bonchev–Trinajstić information content (AvgIpc) is 3.26. The second kappa shape index (κ2) is 10.3. The second-order valence-corrected chi connectivity index (χ2v) is 10.6. The van der Waals surface area contributed by atoms with Gasteiger partial charge in [0.05, 0.1) is 23.7 Å². The smallest absolute Gasteiger partial charge is 0.241 e. The number of ether oxygens (including phenoxy) is 1. The quantitative estimate of drug-likeness (QED) is 0.460. The minimum absolute atomic E-state index is 0.0417. The van der Waals surface area contributed by atoms with Gasteiger partial charge in [0.25, 0.3) is 0 Å². The first-order valence-electron chi connectivity index (χ1n) is 10.3. The van der Waals surface area contributed by atoms with Gasteiger partial charge in [-0.1, -0.05) is 44.2 Å². The molecule has 8 heteroatoms. The molecule has 0 spiro atoms. The molecule has 0 unspecified atom stereocenters. The number of hydrogen-bond donors (Lipinski definition) is 2. The molecular weight excluding hydrogens is 444 g/mol. The van der Waals surface area contributed by atoms with Crippen molar-refractivity contribution in [2.45, 2.75) is 38.1 Å². The highest BCUT2D eigenvalue weighted by Gasteiger charge is 2.25. The van der Waals surface area contributed by atoms with Crippen LogP contribution >= 0.6 is 11.3 Å². The van der Waals surface area contributed by atoms with E-state index in [1.54, 1.807) is 0 Å². The van der Waals surface area contributed by atoms with Gasteiger partial charge in [-0.3, -0.25) is 4.79 Å². The SMILES string of the molecule is COc1ccc(S(=O)(=O)N[C@@H](c2ccc(CC(C)C)cc2)c2cccs2)cc1NC(C)=O. The predicted octanol–water partition coefficient (Wildman–Crippen LogP) is 4.98. The Morgan fingerprint density at radius 1 is 1.09 bits per heavy atom. The molecule has 0 radical (unpaired) electrons. The summed E-state index contributed by atoms with van der Waals surface area (Å²) in [7, 11) is -2.44. The lowest BCUT2D eigenvalue weighted by atomic mass is 9.99. The lowest BCUT2D eigenvalue weighted by molar-refractivity contribution is -0.114. The lowest BCUT2D eigenvalue weighted by Crippen LogP contribution is -2.29. The molecule has 32 heavy (non-hydrogen) atoms. The zero-order chi connectivity index (χ0) is 23.3. The maximum absolute atomic E-state index is 13.3. The normalized spacial score (nSPS) is 12.5. The fraction of sp³-hybridized carbons (Fsp3) is 0.292. The monoisotopic (exact) mass is 472 g/mol. The first-order valence-corrected chi connectivity index (χ1v) is 12.7. The number of carbonyl (C=O) groups excluding carboxylic acids is 1. The third-order valence-corrected chi connectivity index (χ3v) is 7.21. The Morgan fingerprint density at radius 2 is 1.81 bits per heavy atom. The molecular formula is C24H28N2O4S2. The summed E-state index contributed by atoms with van der Waals surface area (Å²) < 4.78 is 34.7. The maximum Gasteiger partial charge on any atom is 0.241 e. The van der Waals surface area contributed by atoms with Crippen molar-refractivity contribution in [3.63, 3.8) is 0 Å². The van der Waals surface area contributed by atoms with Gasteiger partial charge in [0.1, 0.15) is 5.75 Å². The van der Waals surface area contributed by atoms with Crippen molar-refractivity contribution in [2.24, 2.45) is 5.92 Å². The van der Waals surface area contributed by atoms with E-state index < -0.39 is 16.1 Å². The van der Waals surface area contributed by atoms with Crippen LogP contribution in [0, 0.1) is 5.92 Å². The van der Waals surface area contributed by atoms with E-state index in [9.17, 15) is 13.2 Å². The number of sulfonamides is 1. The molecule has 0 saturated heterocycles. The molecule has 3 rings (SSSR count). The summed E-state index contributed by atoms with van der Waals surface area (Å²) in [4.78, 5) is 12.5. The van der Waals surface area contributed by atoms with E-state index in [1.807, 2.05) is 41.8 Å². The maximum atomic E-state index is 13.3. The molecule has 2 N–H and O–H groups in total. The molecule has 0 aliphatic carbocycles. The van der Waals surface area contributed by atoms with Crippen molar-refractivity contribution in [3.05, 3.63) is 76.0 Å². The summed E-state index contributed by atoms with van der Waals surface area (Å²) in [5, 5.41) is 4.54. The largest absolute Gasteiger partial charge is 0.495 e. The second-order valence-electron chi connectivity index (χ2n) is 7.95. The van der Waals surface area contributed by atoms with Gasteiger partial charge in [-0.05, 0) is 53.1 Å². The summed E-state index contributed by atoms with van der Waals surface area (Å²) in [5.41, 5.74) is 2.37. The molecule has 2 aromatic carbocycles. The van der Waals surface area contributed by atoms with E-state index >= 15 is 0 Å². The summed E-state index contributed by atoms with van der Waals surface area (Å²) in [5.74, 6) is 0.610. The molecule has 1 amide bonds. The van der Waals surface area contributed by atoms with Gasteiger partial charge in [0.2, 0.25) is 15.9 Å². The van der Waals surface area contributed by atoms with Crippen LogP contribution in [0.4, 0.5) is 5.69 Å². The Balaban J connectivity index is 1.95. The summed E-state index contributed by atoms with van der Waals surface area (Å²) in [6.07, 6.45) is 0.966. The van der Waals surface area contributed by atoms with E-state index in [1.165, 1.54) is 49.1 Å². The van der Waals surface area contributed by atoms with E-state index in [-0.39, 0.29) is 10.8 Å². The minimum Gasteiger partial charge on any atom is -0.495 e. The van der Waals surface area contributed by atoms with Crippen LogP contribution in [0.15, 0.2) is 64.9 Å². The molecule has 0 bridgehead atoms. The summed E-state index contributed by atoms with van der Waals surface area (Å²) in [6, 6.07) is 15.7. The Hall–Kier alpha value is -2.68. The van der Waals surface area contributed by atoms with Crippen molar-refractivity contribution >= 4 is 33.0 Å². The van der Waals surface area contributed by atoms with Crippen LogP contribution in [0.3, 0.4) is 0 Å². The lowest BCUT2D eigenvalue weighted by Gasteiger charge is -2.19. The number of anilines is 1. The number of amides is 1. The Labute approximate surface area is 193 Å². The summed E-state index contributed by atoms with van der Waals surface area (Å²) in [6.45, 7) is 5.69. The predicted molar refractivity (Wildman–Crippen MR) is 129 cm³/mol. The van der Waals surface area contributed by atoms with Gasteiger partial charge in [0, 0.05) is 11.8 Å². The molecule has 6 nitrogen and oxygen atoms in total. The number of benzene rings is 2. The van der Waals surface area contributed by atoms with E-state index in [4.69, 9.17) is 4.74 Å². The first-order chi connectivity index (χ1) is 15.2. The zero-order valence-electron chi connectivity index (χ0n) is 18.6. The van der Waals surface area contributed by atoms with Crippen LogP contribution in [0.5, 0.6) is 5.75 Å². The summed E-state index contributed by atoms with van der Waals surface area (Å²) >= 11 is 1.49. The molecule has 0 aliphatic heterocycles. The van der Waals surface area contributed by atoms with E-state index in [0.717, 1.165) is 16.9 Å². The molecule has 170 valence electrons. The zero-order valence-corrected chi connectivity index (χ0v) is 20.2. The molecule has 0 fully saturated rings. The molecule has 0 saturated carbocycles. The Kier molecular flexibility index (Phi) is 7.71. The molecule has 1 aromatic heterocycles. The molecule has 1 atom stereocenters. The van der Waals surface area contributed by atoms with Crippen molar-refractivity contribution in [1.82, 2.24) is 4.72 Å².